The molecule has 0 aromatic heterocycles. The molecule has 0 aliphatic carbocycles. The van der Waals surface area contributed by atoms with Gasteiger partial charge >= 0.3 is 0 Å². The minimum absolute atomic E-state index is 0.0462. The molecular formula is C17H17NO2. The van der Waals surface area contributed by atoms with Gasteiger partial charge in [0.2, 0.25) is 5.91 Å². The summed E-state index contributed by atoms with van der Waals surface area (Å²) in [6.07, 6.45) is -0.535. The molecule has 1 saturated heterocycles. The van der Waals surface area contributed by atoms with Gasteiger partial charge in [-0.3, -0.25) is 9.69 Å². The van der Waals surface area contributed by atoms with Crippen LogP contribution in [0, 0.1) is 0 Å². The largest absolute Gasteiger partial charge is 0.372 e. The van der Waals surface area contributed by atoms with Crippen molar-refractivity contribution < 1.29 is 9.90 Å². The van der Waals surface area contributed by atoms with Gasteiger partial charge in [-0.2, -0.15) is 0 Å². The maximum atomic E-state index is 12.3. The van der Waals surface area contributed by atoms with Crippen LogP contribution in [0.25, 0.3) is 0 Å². The molecule has 1 N–H and O–H groups in total. The van der Waals surface area contributed by atoms with Crippen LogP contribution in [-0.4, -0.2) is 17.2 Å². The number of rotatable bonds is 2. The van der Waals surface area contributed by atoms with E-state index in [1.807, 2.05) is 67.6 Å². The molecule has 2 unspecified atom stereocenters. The topological polar surface area (TPSA) is 40.5 Å². The van der Waals surface area contributed by atoms with E-state index in [2.05, 4.69) is 0 Å². The Morgan fingerprint density at radius 3 is 2.20 bits per heavy atom. The van der Waals surface area contributed by atoms with Gasteiger partial charge in [-0.1, -0.05) is 55.5 Å². The Kier molecular flexibility index (Phi) is 3.07. The fourth-order valence-corrected chi connectivity index (χ4v) is 2.86. The third-order valence-electron chi connectivity index (χ3n) is 4.07. The van der Waals surface area contributed by atoms with Crippen LogP contribution >= 0.6 is 0 Å². The predicted octanol–water partition coefficient (Wildman–Crippen LogP) is 2.70. The number of para-hydroxylation sites is 1. The normalized spacial score (nSPS) is 26.0. The maximum Gasteiger partial charge on any atom is 0.230 e. The predicted molar refractivity (Wildman–Crippen MR) is 78.3 cm³/mol. The Labute approximate surface area is 118 Å². The minimum atomic E-state index is -0.847. The number of hydrogen-bond donors (Lipinski definition) is 1. The molecule has 0 saturated carbocycles. The van der Waals surface area contributed by atoms with Crippen molar-refractivity contribution in [3.05, 3.63) is 66.2 Å². The van der Waals surface area contributed by atoms with Gasteiger partial charge in [0.1, 0.15) is 6.23 Å². The minimum Gasteiger partial charge on any atom is -0.372 e. The molecule has 1 aliphatic rings. The lowest BCUT2D eigenvalue weighted by Crippen LogP contribution is -2.41. The molecule has 102 valence electrons. The molecule has 3 nitrogen and oxygen atoms in total. The van der Waals surface area contributed by atoms with Gasteiger partial charge in [-0.05, 0) is 17.7 Å². The summed E-state index contributed by atoms with van der Waals surface area (Å²) >= 11 is 0. The fourth-order valence-electron chi connectivity index (χ4n) is 2.86. The van der Waals surface area contributed by atoms with E-state index in [1.165, 1.54) is 4.90 Å². The molecule has 2 atom stereocenters. The summed E-state index contributed by atoms with van der Waals surface area (Å²) in [6.45, 7) is 1.94. The standard InChI is InChI=1S/C17H17NO2/c1-17(13-8-4-2-5-9-13)12-15(19)18(16(17)20)14-10-6-3-7-11-14/h2-11,16,20H,12H2,1H3. The van der Waals surface area contributed by atoms with Crippen LogP contribution in [0.4, 0.5) is 5.69 Å². The van der Waals surface area contributed by atoms with Crippen molar-refractivity contribution in [3.8, 4) is 0 Å². The number of hydrogen-bond acceptors (Lipinski definition) is 2. The molecular weight excluding hydrogens is 250 g/mol. The Morgan fingerprint density at radius 1 is 1.05 bits per heavy atom. The average molecular weight is 267 g/mol. The highest BCUT2D eigenvalue weighted by atomic mass is 16.3. The van der Waals surface area contributed by atoms with E-state index < -0.39 is 11.6 Å². The van der Waals surface area contributed by atoms with Crippen LogP contribution in [0.3, 0.4) is 0 Å². The van der Waals surface area contributed by atoms with Crippen LogP contribution in [-0.2, 0) is 10.2 Å². The van der Waals surface area contributed by atoms with Crippen LogP contribution < -0.4 is 4.90 Å². The quantitative estimate of drug-likeness (QED) is 0.908. The first kappa shape index (κ1) is 12.9. The number of carbonyl (C=O) groups excluding carboxylic acids is 1. The highest BCUT2D eigenvalue weighted by Gasteiger charge is 2.49. The van der Waals surface area contributed by atoms with Crippen molar-refractivity contribution in [3.63, 3.8) is 0 Å². The van der Waals surface area contributed by atoms with Gasteiger partial charge in [-0.25, -0.2) is 0 Å². The van der Waals surface area contributed by atoms with Crippen LogP contribution in [0.5, 0.6) is 0 Å². The van der Waals surface area contributed by atoms with Crippen molar-refractivity contribution in [1.82, 2.24) is 0 Å². The highest BCUT2D eigenvalue weighted by molar-refractivity contribution is 5.97. The van der Waals surface area contributed by atoms with Crippen molar-refractivity contribution in [2.75, 3.05) is 4.90 Å². The molecule has 1 heterocycles. The van der Waals surface area contributed by atoms with E-state index in [4.69, 9.17) is 0 Å². The van der Waals surface area contributed by atoms with Crippen molar-refractivity contribution in [2.24, 2.45) is 0 Å². The summed E-state index contributed by atoms with van der Waals surface area (Å²) in [6, 6.07) is 19.1. The zero-order valence-corrected chi connectivity index (χ0v) is 11.4. The summed E-state index contributed by atoms with van der Waals surface area (Å²) in [5, 5.41) is 10.7. The highest BCUT2D eigenvalue weighted by Crippen LogP contribution is 2.41. The molecule has 0 spiro atoms. The summed E-state index contributed by atoms with van der Waals surface area (Å²) in [4.78, 5) is 13.8. The summed E-state index contributed by atoms with van der Waals surface area (Å²) in [5.41, 5.74) is 1.15. The number of nitrogens with zero attached hydrogens (tertiary/aromatic N) is 1. The third kappa shape index (κ3) is 1.91. The number of aliphatic hydroxyl groups excluding tert-OH is 1. The molecule has 2 aromatic rings. The zero-order valence-electron chi connectivity index (χ0n) is 11.4. The molecule has 2 aromatic carbocycles. The SMILES string of the molecule is CC1(c2ccccc2)CC(=O)N(c2ccccc2)C1O. The molecule has 1 fully saturated rings. The first-order valence-corrected chi connectivity index (χ1v) is 6.73. The Hall–Kier alpha value is -2.13. The van der Waals surface area contributed by atoms with Crippen molar-refractivity contribution in [2.45, 2.75) is 25.0 Å². The third-order valence-corrected chi connectivity index (χ3v) is 4.07. The van der Waals surface area contributed by atoms with Crippen LogP contribution in [0.1, 0.15) is 18.9 Å². The summed E-state index contributed by atoms with van der Waals surface area (Å²) in [7, 11) is 0. The molecule has 0 radical (unpaired) electrons. The van der Waals surface area contributed by atoms with E-state index in [-0.39, 0.29) is 5.91 Å². The summed E-state index contributed by atoms with van der Waals surface area (Å²) < 4.78 is 0. The van der Waals surface area contributed by atoms with E-state index >= 15 is 0 Å². The second-order valence-electron chi connectivity index (χ2n) is 5.43. The number of benzene rings is 2. The van der Waals surface area contributed by atoms with Gasteiger partial charge in [0, 0.05) is 17.5 Å². The maximum absolute atomic E-state index is 12.3. The van der Waals surface area contributed by atoms with E-state index in [9.17, 15) is 9.90 Å². The van der Waals surface area contributed by atoms with Crippen molar-refractivity contribution in [1.29, 1.82) is 0 Å². The Bertz CT molecular complexity index is 611. The lowest BCUT2D eigenvalue weighted by atomic mass is 9.80. The number of anilines is 1. The monoisotopic (exact) mass is 267 g/mol. The second-order valence-corrected chi connectivity index (χ2v) is 5.43. The van der Waals surface area contributed by atoms with Crippen LogP contribution in [0.2, 0.25) is 0 Å². The lowest BCUT2D eigenvalue weighted by molar-refractivity contribution is -0.117. The Balaban J connectivity index is 2.01. The van der Waals surface area contributed by atoms with Gasteiger partial charge in [0.25, 0.3) is 0 Å². The molecule has 0 bridgehead atoms. The molecule has 3 heteroatoms. The van der Waals surface area contributed by atoms with E-state index in [0.29, 0.717) is 6.42 Å². The molecule has 20 heavy (non-hydrogen) atoms. The fraction of sp³-hybridized carbons (Fsp3) is 0.235. The average Bonchev–Trinajstić information content (AvgIpc) is 2.72. The van der Waals surface area contributed by atoms with Gasteiger partial charge in [-0.15, -0.1) is 0 Å². The van der Waals surface area contributed by atoms with Crippen LogP contribution in [0.15, 0.2) is 60.7 Å². The molecule has 3 rings (SSSR count). The van der Waals surface area contributed by atoms with Gasteiger partial charge in [0.05, 0.1) is 0 Å². The smallest absolute Gasteiger partial charge is 0.230 e. The molecule has 1 aliphatic heterocycles. The van der Waals surface area contributed by atoms with Crippen molar-refractivity contribution >= 4 is 11.6 Å². The number of aliphatic hydroxyl groups is 1. The Morgan fingerprint density at radius 2 is 1.60 bits per heavy atom. The lowest BCUT2D eigenvalue weighted by Gasteiger charge is -2.31. The zero-order chi connectivity index (χ0) is 14.2. The first-order valence-electron chi connectivity index (χ1n) is 6.73. The van der Waals surface area contributed by atoms with Gasteiger partial charge in [0.15, 0.2) is 0 Å². The summed E-state index contributed by atoms with van der Waals surface area (Å²) in [5.74, 6) is -0.0462. The molecule has 1 amide bonds. The first-order chi connectivity index (χ1) is 9.63. The number of amides is 1. The number of carbonyl (C=O) groups is 1. The van der Waals surface area contributed by atoms with E-state index in [1.54, 1.807) is 0 Å². The van der Waals surface area contributed by atoms with Gasteiger partial charge < -0.3 is 5.11 Å². The second kappa shape index (κ2) is 4.76. The van der Waals surface area contributed by atoms with E-state index in [0.717, 1.165) is 11.3 Å².